The van der Waals surface area contributed by atoms with Gasteiger partial charge in [-0.3, -0.25) is 9.69 Å². The summed E-state index contributed by atoms with van der Waals surface area (Å²) >= 11 is 8.97. The zero-order valence-electron chi connectivity index (χ0n) is 8.71. The molecule has 8 heteroatoms. The molecule has 1 aliphatic rings. The number of urea groups is 1. The topological polar surface area (TPSA) is 55.9 Å². The summed E-state index contributed by atoms with van der Waals surface area (Å²) in [5.41, 5.74) is 0. The summed E-state index contributed by atoms with van der Waals surface area (Å²) in [6, 6.07) is -0.464. The van der Waals surface area contributed by atoms with Crippen molar-refractivity contribution < 1.29 is 9.59 Å². The monoisotopic (exact) mass is 260 g/mol. The van der Waals surface area contributed by atoms with Crippen molar-refractivity contribution in [2.24, 2.45) is 0 Å². The molecule has 0 aromatic rings. The molecule has 0 bridgehead atoms. The van der Waals surface area contributed by atoms with Crippen molar-refractivity contribution in [3.63, 3.8) is 0 Å². The Bertz CT molecular complexity index is 347. The van der Waals surface area contributed by atoms with Crippen LogP contribution in [0.1, 0.15) is 0 Å². The molecule has 88 valence electrons. The minimum absolute atomic E-state index is 0.0142. The Morgan fingerprint density at radius 3 is 2.88 bits per heavy atom. The maximum Gasteiger partial charge on any atom is 0.346 e. The summed E-state index contributed by atoms with van der Waals surface area (Å²) in [4.78, 5) is 24.1. The maximum atomic E-state index is 11.5. The van der Waals surface area contributed by atoms with Gasteiger partial charge >= 0.3 is 6.03 Å². The molecule has 0 aromatic carbocycles. The Morgan fingerprint density at radius 1 is 1.81 bits per heavy atom. The molecule has 6 nitrogen and oxygen atoms in total. The highest BCUT2D eigenvalue weighted by molar-refractivity contribution is 7.80. The molecule has 0 radical (unpaired) electrons. The first kappa shape index (κ1) is 12.8. The number of nitrogens with one attached hydrogen (secondary N) is 1. The first-order valence-electron chi connectivity index (χ1n) is 4.44. The second-order valence-corrected chi connectivity index (χ2v) is 3.80. The molecular formula is C8H12N4O2S2. The highest BCUT2D eigenvalue weighted by Crippen LogP contribution is 2.13. The van der Waals surface area contributed by atoms with Crippen LogP contribution in [-0.2, 0) is 4.79 Å². The van der Waals surface area contributed by atoms with Crippen LogP contribution in [0.5, 0.6) is 0 Å². The van der Waals surface area contributed by atoms with E-state index in [4.69, 9.17) is 12.2 Å². The largest absolute Gasteiger partial charge is 0.346 e. The number of hydrogen-bond donors (Lipinski definition) is 2. The van der Waals surface area contributed by atoms with Crippen LogP contribution in [0.2, 0.25) is 0 Å². The number of hydrogen-bond acceptors (Lipinski definition) is 4. The number of amides is 3. The van der Waals surface area contributed by atoms with E-state index in [1.807, 2.05) is 0 Å². The van der Waals surface area contributed by atoms with Crippen molar-refractivity contribution in [1.29, 1.82) is 0 Å². The molecule has 1 heterocycles. The lowest BCUT2D eigenvalue weighted by Crippen LogP contribution is -2.46. The highest BCUT2D eigenvalue weighted by Gasteiger charge is 2.34. The molecule has 1 rings (SSSR count). The number of carbonyl (C=O) groups excluding carboxylic acids is 2. The standard InChI is InChI=1S/C8H12N4O2S2/c1-3-4-9-7(14)12(16)11-5-6(13)10(2)8(11)15/h3,16H,1,4-5H2,2H3,(H,9,14). The minimum atomic E-state index is -0.464. The van der Waals surface area contributed by atoms with Crippen molar-refractivity contribution in [3.05, 3.63) is 12.7 Å². The normalized spacial score (nSPS) is 15.4. The van der Waals surface area contributed by atoms with E-state index in [1.54, 1.807) is 13.1 Å². The third kappa shape index (κ3) is 2.45. The Morgan fingerprint density at radius 2 is 2.44 bits per heavy atom. The molecule has 0 aromatic heterocycles. The van der Waals surface area contributed by atoms with Crippen molar-refractivity contribution in [2.45, 2.75) is 0 Å². The zero-order chi connectivity index (χ0) is 12.3. The van der Waals surface area contributed by atoms with Crippen molar-refractivity contribution in [3.8, 4) is 0 Å². The lowest BCUT2D eigenvalue weighted by Gasteiger charge is -2.26. The molecule has 0 unspecified atom stereocenters. The van der Waals surface area contributed by atoms with Crippen molar-refractivity contribution >= 4 is 42.1 Å². The predicted octanol–water partition coefficient (Wildman–Crippen LogP) is 0.00270. The van der Waals surface area contributed by atoms with Gasteiger partial charge in [0.25, 0.3) is 0 Å². The fourth-order valence-electron chi connectivity index (χ4n) is 1.07. The number of nitrogens with zero attached hydrogens (tertiary/aromatic N) is 3. The van der Waals surface area contributed by atoms with Gasteiger partial charge in [0.05, 0.1) is 0 Å². The lowest BCUT2D eigenvalue weighted by molar-refractivity contribution is -0.124. The van der Waals surface area contributed by atoms with Gasteiger partial charge in [-0.25, -0.2) is 9.80 Å². The third-order valence-corrected chi connectivity index (χ3v) is 2.86. The fourth-order valence-corrected chi connectivity index (χ4v) is 1.60. The first-order chi connectivity index (χ1) is 7.49. The average Bonchev–Trinajstić information content (AvgIpc) is 2.52. The number of hydrazine groups is 1. The molecule has 1 saturated heterocycles. The smallest absolute Gasteiger partial charge is 0.332 e. The number of thiol groups is 1. The van der Waals surface area contributed by atoms with Gasteiger partial charge in [-0.2, -0.15) is 4.41 Å². The highest BCUT2D eigenvalue weighted by atomic mass is 32.1. The van der Waals surface area contributed by atoms with Gasteiger partial charge in [0.2, 0.25) is 5.91 Å². The maximum absolute atomic E-state index is 11.5. The van der Waals surface area contributed by atoms with Crippen LogP contribution in [0, 0.1) is 0 Å². The summed E-state index contributed by atoms with van der Waals surface area (Å²) in [7, 11) is 1.55. The quantitative estimate of drug-likeness (QED) is 0.426. The average molecular weight is 260 g/mol. The van der Waals surface area contributed by atoms with E-state index in [2.05, 4.69) is 24.7 Å². The first-order valence-corrected chi connectivity index (χ1v) is 5.25. The van der Waals surface area contributed by atoms with Gasteiger partial charge < -0.3 is 5.32 Å². The summed E-state index contributed by atoms with van der Waals surface area (Å²) in [6.07, 6.45) is 1.54. The van der Waals surface area contributed by atoms with Crippen LogP contribution in [0.4, 0.5) is 4.79 Å². The molecule has 0 aliphatic carbocycles. The van der Waals surface area contributed by atoms with E-state index in [0.717, 1.165) is 4.41 Å². The van der Waals surface area contributed by atoms with Gasteiger partial charge in [-0.1, -0.05) is 6.08 Å². The molecule has 0 atom stereocenters. The van der Waals surface area contributed by atoms with Crippen LogP contribution >= 0.6 is 25.0 Å². The number of carbonyl (C=O) groups is 2. The second kappa shape index (κ2) is 5.17. The third-order valence-electron chi connectivity index (χ3n) is 1.97. The van der Waals surface area contributed by atoms with Gasteiger partial charge in [-0.15, -0.1) is 6.58 Å². The van der Waals surface area contributed by atoms with Gasteiger partial charge in [-0.05, 0) is 25.0 Å². The van der Waals surface area contributed by atoms with Crippen LogP contribution in [0.25, 0.3) is 0 Å². The predicted molar refractivity (Wildman–Crippen MR) is 66.5 cm³/mol. The SMILES string of the molecule is C=CCNC(=O)N(S)N1CC(=O)N(C)C1=S. The molecule has 1 aliphatic heterocycles. The summed E-state index contributed by atoms with van der Waals surface area (Å²) in [5, 5.41) is 4.07. The van der Waals surface area contributed by atoms with Crippen LogP contribution in [-0.4, -0.2) is 51.5 Å². The zero-order valence-corrected chi connectivity index (χ0v) is 10.4. The molecule has 0 spiro atoms. The fraction of sp³-hybridized carbons (Fsp3) is 0.375. The van der Waals surface area contributed by atoms with E-state index in [1.165, 1.54) is 9.91 Å². The molecule has 0 saturated carbocycles. The Labute approximate surface area is 104 Å². The van der Waals surface area contributed by atoms with Crippen molar-refractivity contribution in [2.75, 3.05) is 20.1 Å². The summed E-state index contributed by atoms with van der Waals surface area (Å²) in [5.74, 6) is -0.180. The van der Waals surface area contributed by atoms with E-state index in [0.29, 0.717) is 6.54 Å². The number of thiocarbonyl (C=S) groups is 1. The van der Waals surface area contributed by atoms with E-state index >= 15 is 0 Å². The second-order valence-electron chi connectivity index (χ2n) is 3.06. The number of likely N-dealkylation sites (N-methyl/N-ethyl adjacent to an activating group) is 1. The molecule has 16 heavy (non-hydrogen) atoms. The lowest BCUT2D eigenvalue weighted by atomic mass is 10.6. The van der Waals surface area contributed by atoms with E-state index in [9.17, 15) is 9.59 Å². The van der Waals surface area contributed by atoms with Crippen LogP contribution in [0.3, 0.4) is 0 Å². The van der Waals surface area contributed by atoms with Gasteiger partial charge in [0.1, 0.15) is 6.54 Å². The van der Waals surface area contributed by atoms with E-state index < -0.39 is 6.03 Å². The van der Waals surface area contributed by atoms with Crippen molar-refractivity contribution in [1.82, 2.24) is 19.6 Å². The molecule has 1 fully saturated rings. The Hall–Kier alpha value is -1.28. The van der Waals surface area contributed by atoms with Crippen LogP contribution < -0.4 is 5.32 Å². The van der Waals surface area contributed by atoms with E-state index in [-0.39, 0.29) is 17.6 Å². The van der Waals surface area contributed by atoms with Gasteiger partial charge in [0, 0.05) is 13.6 Å². The van der Waals surface area contributed by atoms with Gasteiger partial charge in [0.15, 0.2) is 5.11 Å². The molecule has 3 amide bonds. The van der Waals surface area contributed by atoms with Crippen LogP contribution in [0.15, 0.2) is 12.7 Å². The molecule has 1 N–H and O–H groups in total. The Balaban J connectivity index is 2.64. The Kier molecular flexibility index (Phi) is 4.13. The minimum Gasteiger partial charge on any atom is -0.332 e. The summed E-state index contributed by atoms with van der Waals surface area (Å²) < 4.78 is 0.979. The molecular weight excluding hydrogens is 248 g/mol. The summed E-state index contributed by atoms with van der Waals surface area (Å²) in [6.45, 7) is 3.80. The number of rotatable bonds is 3.